The summed E-state index contributed by atoms with van der Waals surface area (Å²) >= 11 is 0. The Kier molecular flexibility index (Phi) is 11.6. The van der Waals surface area contributed by atoms with Gasteiger partial charge in [0, 0.05) is 47.4 Å². The van der Waals surface area contributed by atoms with E-state index in [1.807, 2.05) is 13.8 Å². The van der Waals surface area contributed by atoms with Crippen molar-refractivity contribution in [2.24, 2.45) is 5.92 Å². The van der Waals surface area contributed by atoms with E-state index in [0.29, 0.717) is 27.4 Å². The van der Waals surface area contributed by atoms with Crippen LogP contribution in [0, 0.1) is 23.0 Å². The summed E-state index contributed by atoms with van der Waals surface area (Å²) in [6, 6.07) is 13.7. The van der Waals surface area contributed by atoms with Crippen LogP contribution >= 0.6 is 0 Å². The fourth-order valence-electron chi connectivity index (χ4n) is 4.90. The lowest BCUT2D eigenvalue weighted by Gasteiger charge is -2.21. The minimum atomic E-state index is -1.52. The molecule has 4 aromatic rings. The van der Waals surface area contributed by atoms with Gasteiger partial charge in [0.1, 0.15) is 24.0 Å². The topological polar surface area (TPSA) is 196 Å². The van der Waals surface area contributed by atoms with Gasteiger partial charge in [0.25, 0.3) is 5.56 Å². The molecule has 0 radical (unpaired) electrons. The van der Waals surface area contributed by atoms with Crippen molar-refractivity contribution >= 4 is 46.6 Å². The number of nitrogens with one attached hydrogen (secondary N) is 4. The summed E-state index contributed by atoms with van der Waals surface area (Å²) < 4.78 is 29.5. The Morgan fingerprint density at radius 3 is 2.28 bits per heavy atom. The van der Waals surface area contributed by atoms with Crippen LogP contribution in [-0.4, -0.2) is 44.4 Å². The highest BCUT2D eigenvalue weighted by molar-refractivity contribution is 6.13. The molecular formula is C35H38F2N8O5. The molecule has 15 heteroatoms. The van der Waals surface area contributed by atoms with Gasteiger partial charge in [0.2, 0.25) is 11.8 Å². The van der Waals surface area contributed by atoms with Crippen LogP contribution in [0.5, 0.6) is 0 Å². The number of benzene rings is 3. The van der Waals surface area contributed by atoms with Gasteiger partial charge in [-0.3, -0.25) is 24.4 Å². The van der Waals surface area contributed by atoms with Gasteiger partial charge in [-0.1, -0.05) is 32.0 Å². The molecule has 1 heterocycles. The van der Waals surface area contributed by atoms with E-state index >= 15 is 0 Å². The number of amidine groups is 1. The molecule has 7 N–H and O–H groups in total. The van der Waals surface area contributed by atoms with E-state index in [2.05, 4.69) is 20.9 Å². The Labute approximate surface area is 286 Å². The molecule has 50 heavy (non-hydrogen) atoms. The number of hydrogen-bond acceptors (Lipinski definition) is 8. The van der Waals surface area contributed by atoms with Crippen LogP contribution in [0.25, 0.3) is 11.3 Å². The number of nitrogens with zero attached hydrogens (tertiary/aromatic N) is 3. The van der Waals surface area contributed by atoms with Gasteiger partial charge in [0.15, 0.2) is 5.82 Å². The molecule has 0 unspecified atom stereocenters. The number of anilines is 4. The first-order valence-corrected chi connectivity index (χ1v) is 15.6. The van der Waals surface area contributed by atoms with E-state index < -0.39 is 53.6 Å². The normalized spacial score (nSPS) is 11.0. The molecule has 4 rings (SSSR count). The Balaban J connectivity index is 1.53. The minimum Gasteiger partial charge on any atom is -0.464 e. The quantitative estimate of drug-likeness (QED) is 0.0663. The monoisotopic (exact) mass is 688 g/mol. The third-order valence-electron chi connectivity index (χ3n) is 7.38. The van der Waals surface area contributed by atoms with Gasteiger partial charge in [-0.2, -0.15) is 0 Å². The lowest BCUT2D eigenvalue weighted by Crippen LogP contribution is -2.37. The second kappa shape index (κ2) is 15.9. The number of halogens is 2. The van der Waals surface area contributed by atoms with E-state index in [9.17, 15) is 33.1 Å². The molecule has 0 spiro atoms. The summed E-state index contributed by atoms with van der Waals surface area (Å²) in [5, 5.41) is 26.5. The smallest absolute Gasteiger partial charge is 0.417 e. The number of rotatable bonds is 12. The Morgan fingerprint density at radius 2 is 1.68 bits per heavy atom. The summed E-state index contributed by atoms with van der Waals surface area (Å²) in [7, 11) is 0. The third-order valence-corrected chi connectivity index (χ3v) is 7.38. The number of nitrogen functional groups attached to an aromatic ring is 1. The molecule has 0 fully saturated rings. The SMILES string of the molecule is CC(C)Nc1ncc(-c2cc(N)cc(NC(=O)C(C)C)c2)n(CC(=O)NCc2ccc(N(C(=N)Cc3c(F)cccc3F)C(=O)O)cc2)c1=O. The second-order valence-electron chi connectivity index (χ2n) is 12.1. The highest BCUT2D eigenvalue weighted by Gasteiger charge is 2.23. The van der Waals surface area contributed by atoms with Crippen molar-refractivity contribution in [3.63, 3.8) is 0 Å². The van der Waals surface area contributed by atoms with Gasteiger partial charge >= 0.3 is 6.09 Å². The van der Waals surface area contributed by atoms with Crippen molar-refractivity contribution in [3.05, 3.63) is 100.0 Å². The Bertz CT molecular complexity index is 1960. The molecule has 0 atom stereocenters. The van der Waals surface area contributed by atoms with Crippen LogP contribution < -0.4 is 32.1 Å². The molecule has 262 valence electrons. The van der Waals surface area contributed by atoms with Crippen LogP contribution in [0.1, 0.15) is 38.8 Å². The van der Waals surface area contributed by atoms with Gasteiger partial charge in [-0.25, -0.2) is 23.5 Å². The van der Waals surface area contributed by atoms with Gasteiger partial charge in [-0.15, -0.1) is 0 Å². The van der Waals surface area contributed by atoms with Crippen LogP contribution in [0.15, 0.2) is 71.7 Å². The molecule has 0 aliphatic rings. The zero-order chi connectivity index (χ0) is 36.7. The molecule has 3 aromatic carbocycles. The average molecular weight is 689 g/mol. The summed E-state index contributed by atoms with van der Waals surface area (Å²) in [6.45, 7) is 6.75. The lowest BCUT2D eigenvalue weighted by molar-refractivity contribution is -0.122. The van der Waals surface area contributed by atoms with Crippen molar-refractivity contribution in [2.75, 3.05) is 21.3 Å². The van der Waals surface area contributed by atoms with Crippen molar-refractivity contribution in [1.82, 2.24) is 14.9 Å². The molecule has 0 saturated heterocycles. The predicted octanol–water partition coefficient (Wildman–Crippen LogP) is 5.21. The number of carbonyl (C=O) groups excluding carboxylic acids is 2. The standard InChI is InChI=1S/C35H38F2N8O5/c1-19(2)33(47)43-24-13-22(12-23(38)14-24)29-17-41-32(42-20(3)4)34(48)44(29)18-31(46)40-16-21-8-10-25(11-9-21)45(35(49)50)30(39)15-26-27(36)6-5-7-28(26)37/h5-14,17,19-20,39H,15-16,18,38H2,1-4H3,(H,40,46)(H,41,42)(H,43,47)(H,49,50). The van der Waals surface area contributed by atoms with Crippen LogP contribution in [0.2, 0.25) is 0 Å². The Morgan fingerprint density at radius 1 is 1.02 bits per heavy atom. The maximum Gasteiger partial charge on any atom is 0.417 e. The minimum absolute atomic E-state index is 0.00000460. The maximum atomic E-state index is 14.1. The van der Waals surface area contributed by atoms with E-state index in [1.165, 1.54) is 41.1 Å². The maximum absolute atomic E-state index is 14.1. The van der Waals surface area contributed by atoms with Crippen molar-refractivity contribution < 1.29 is 28.3 Å². The molecular weight excluding hydrogens is 650 g/mol. The largest absolute Gasteiger partial charge is 0.464 e. The summed E-state index contributed by atoms with van der Waals surface area (Å²) in [4.78, 5) is 56.0. The zero-order valence-electron chi connectivity index (χ0n) is 27.9. The number of hydrogen-bond donors (Lipinski definition) is 6. The van der Waals surface area contributed by atoms with E-state index in [-0.39, 0.29) is 41.6 Å². The zero-order valence-corrected chi connectivity index (χ0v) is 27.9. The molecule has 13 nitrogen and oxygen atoms in total. The summed E-state index contributed by atoms with van der Waals surface area (Å²) in [5.41, 5.74) is 7.20. The fraction of sp³-hybridized carbons (Fsp3) is 0.257. The predicted molar refractivity (Wildman–Crippen MR) is 187 cm³/mol. The highest BCUT2D eigenvalue weighted by Crippen LogP contribution is 2.26. The van der Waals surface area contributed by atoms with Gasteiger partial charge in [-0.05, 0) is 61.9 Å². The van der Waals surface area contributed by atoms with Crippen molar-refractivity contribution in [1.29, 1.82) is 5.41 Å². The average Bonchev–Trinajstić information content (AvgIpc) is 3.04. The number of nitrogens with two attached hydrogens (primary N) is 1. The van der Waals surface area contributed by atoms with E-state index in [4.69, 9.17) is 11.1 Å². The van der Waals surface area contributed by atoms with Crippen molar-refractivity contribution in [3.8, 4) is 11.3 Å². The summed E-state index contributed by atoms with van der Waals surface area (Å²) in [5.74, 6) is -3.37. The first kappa shape index (κ1) is 36.7. The highest BCUT2D eigenvalue weighted by atomic mass is 19.1. The van der Waals surface area contributed by atoms with Gasteiger partial charge < -0.3 is 26.8 Å². The molecule has 0 bridgehead atoms. The van der Waals surface area contributed by atoms with Gasteiger partial charge in [0.05, 0.1) is 17.6 Å². The number of amides is 3. The van der Waals surface area contributed by atoms with Crippen molar-refractivity contribution in [2.45, 2.75) is 53.2 Å². The van der Waals surface area contributed by atoms with Crippen LogP contribution in [0.4, 0.5) is 36.5 Å². The molecule has 0 saturated carbocycles. The number of aromatic nitrogens is 2. The molecule has 3 amide bonds. The summed E-state index contributed by atoms with van der Waals surface area (Å²) in [6.07, 6.45) is -0.684. The molecule has 0 aliphatic heterocycles. The van der Waals surface area contributed by atoms with E-state index in [1.54, 1.807) is 32.0 Å². The molecule has 0 aliphatic carbocycles. The lowest BCUT2D eigenvalue weighted by atomic mass is 10.1. The van der Waals surface area contributed by atoms with E-state index in [0.717, 1.165) is 12.1 Å². The second-order valence-corrected chi connectivity index (χ2v) is 12.1. The number of carboxylic acid groups (broad SMARTS) is 1. The first-order valence-electron chi connectivity index (χ1n) is 15.6. The fourth-order valence-corrected chi connectivity index (χ4v) is 4.90. The number of carbonyl (C=O) groups is 3. The molecule has 1 aromatic heterocycles. The Hall–Kier alpha value is -6.12. The third kappa shape index (κ3) is 9.06. The van der Waals surface area contributed by atoms with Crippen LogP contribution in [-0.2, 0) is 29.1 Å². The van der Waals surface area contributed by atoms with Crippen LogP contribution in [0.3, 0.4) is 0 Å². The first-order chi connectivity index (χ1) is 23.6.